The Kier molecular flexibility index (Phi) is 7.14. The maximum Gasteiger partial charge on any atom is 0.146 e. The molecular formula is C16H22FNO. The second-order valence-corrected chi connectivity index (χ2v) is 4.82. The molecular weight excluding hydrogens is 241 g/mol. The Hall–Kier alpha value is -1.40. The Morgan fingerprint density at radius 3 is 2.79 bits per heavy atom. The number of nitrogens with zero attached hydrogens (tertiary/aromatic N) is 1. The summed E-state index contributed by atoms with van der Waals surface area (Å²) >= 11 is 0. The van der Waals surface area contributed by atoms with Gasteiger partial charge < -0.3 is 4.74 Å². The fourth-order valence-electron chi connectivity index (χ4n) is 2.01. The molecule has 2 nitrogen and oxygen atoms in total. The predicted molar refractivity (Wildman–Crippen MR) is 74.1 cm³/mol. The van der Waals surface area contributed by atoms with Crippen LogP contribution in [0.5, 0.6) is 0 Å². The van der Waals surface area contributed by atoms with Crippen molar-refractivity contribution in [1.82, 2.24) is 0 Å². The van der Waals surface area contributed by atoms with E-state index in [1.165, 1.54) is 18.9 Å². The summed E-state index contributed by atoms with van der Waals surface area (Å²) in [5.41, 5.74) is 0.545. The average Bonchev–Trinajstić information content (AvgIpc) is 2.44. The van der Waals surface area contributed by atoms with Crippen LogP contribution in [0.3, 0.4) is 0 Å². The van der Waals surface area contributed by atoms with Crippen LogP contribution in [-0.4, -0.2) is 6.61 Å². The van der Waals surface area contributed by atoms with Gasteiger partial charge in [0.25, 0.3) is 0 Å². The van der Waals surface area contributed by atoms with E-state index in [1.54, 1.807) is 12.1 Å². The fraction of sp³-hybridized carbons (Fsp3) is 0.562. The fourth-order valence-corrected chi connectivity index (χ4v) is 2.01. The third-order valence-corrected chi connectivity index (χ3v) is 3.35. The highest BCUT2D eigenvalue weighted by atomic mass is 19.1. The van der Waals surface area contributed by atoms with E-state index in [-0.39, 0.29) is 12.2 Å². The Labute approximate surface area is 115 Å². The highest BCUT2D eigenvalue weighted by Crippen LogP contribution is 2.16. The molecule has 0 aliphatic rings. The van der Waals surface area contributed by atoms with E-state index >= 15 is 0 Å². The van der Waals surface area contributed by atoms with Crippen LogP contribution in [0.15, 0.2) is 18.2 Å². The molecule has 0 fully saturated rings. The molecule has 19 heavy (non-hydrogen) atoms. The molecule has 104 valence electrons. The van der Waals surface area contributed by atoms with Gasteiger partial charge in [-0.3, -0.25) is 0 Å². The number of halogens is 1. The summed E-state index contributed by atoms with van der Waals surface area (Å²) in [5, 5.41) is 8.76. The van der Waals surface area contributed by atoms with E-state index < -0.39 is 5.82 Å². The van der Waals surface area contributed by atoms with Crippen molar-refractivity contribution >= 4 is 0 Å². The van der Waals surface area contributed by atoms with Crippen molar-refractivity contribution in [3.8, 4) is 6.07 Å². The Balaban J connectivity index is 2.46. The summed E-state index contributed by atoms with van der Waals surface area (Å²) in [6.07, 6.45) is 4.64. The molecule has 0 amide bonds. The number of ether oxygens (including phenoxy) is 1. The van der Waals surface area contributed by atoms with Crippen LogP contribution >= 0.6 is 0 Å². The lowest BCUT2D eigenvalue weighted by Crippen LogP contribution is -2.09. The van der Waals surface area contributed by atoms with Crippen molar-refractivity contribution in [3.05, 3.63) is 35.1 Å². The molecule has 0 aliphatic heterocycles. The van der Waals surface area contributed by atoms with Crippen molar-refractivity contribution in [3.63, 3.8) is 0 Å². The standard InChI is InChI=1S/C16H22FNO/c1-3-5-7-13(4-2)11-19-12-15-9-6-8-14(10-18)16(15)17/h6,8-9,13H,3-5,7,11-12H2,1-2H3. The van der Waals surface area contributed by atoms with E-state index in [9.17, 15) is 4.39 Å². The van der Waals surface area contributed by atoms with Gasteiger partial charge in [0.15, 0.2) is 0 Å². The van der Waals surface area contributed by atoms with Crippen LogP contribution in [0.2, 0.25) is 0 Å². The van der Waals surface area contributed by atoms with Crippen molar-refractivity contribution in [1.29, 1.82) is 5.26 Å². The molecule has 0 radical (unpaired) electrons. The van der Waals surface area contributed by atoms with E-state index in [0.29, 0.717) is 18.1 Å². The van der Waals surface area contributed by atoms with Gasteiger partial charge in [0.1, 0.15) is 11.9 Å². The molecule has 0 aliphatic carbocycles. The highest BCUT2D eigenvalue weighted by Gasteiger charge is 2.09. The van der Waals surface area contributed by atoms with Crippen LogP contribution in [0.4, 0.5) is 4.39 Å². The molecule has 0 saturated carbocycles. The van der Waals surface area contributed by atoms with Crippen molar-refractivity contribution in [2.24, 2.45) is 5.92 Å². The molecule has 1 atom stereocenters. The number of hydrogen-bond donors (Lipinski definition) is 0. The molecule has 0 aromatic heterocycles. The number of hydrogen-bond acceptors (Lipinski definition) is 2. The zero-order valence-electron chi connectivity index (χ0n) is 11.8. The van der Waals surface area contributed by atoms with Gasteiger partial charge in [0.2, 0.25) is 0 Å². The maximum absolute atomic E-state index is 13.8. The first kappa shape index (κ1) is 15.7. The SMILES string of the molecule is CCCCC(CC)COCc1cccc(C#N)c1F. The van der Waals surface area contributed by atoms with Gasteiger partial charge in [-0.1, -0.05) is 45.2 Å². The molecule has 1 rings (SSSR count). The third kappa shape index (κ3) is 5.00. The molecule has 3 heteroatoms. The van der Waals surface area contributed by atoms with E-state index in [0.717, 1.165) is 12.8 Å². The van der Waals surface area contributed by atoms with Gasteiger partial charge in [-0.15, -0.1) is 0 Å². The van der Waals surface area contributed by atoms with Gasteiger partial charge in [-0.05, 0) is 18.4 Å². The molecule has 0 bridgehead atoms. The van der Waals surface area contributed by atoms with Gasteiger partial charge >= 0.3 is 0 Å². The van der Waals surface area contributed by atoms with Crippen LogP contribution in [0.25, 0.3) is 0 Å². The number of rotatable bonds is 8. The summed E-state index contributed by atoms with van der Waals surface area (Å²) < 4.78 is 19.4. The molecule has 0 N–H and O–H groups in total. The highest BCUT2D eigenvalue weighted by molar-refractivity contribution is 5.34. The summed E-state index contributed by atoms with van der Waals surface area (Å²) in [5.74, 6) is 0.0915. The molecule has 0 heterocycles. The monoisotopic (exact) mass is 263 g/mol. The zero-order valence-corrected chi connectivity index (χ0v) is 11.8. The van der Waals surface area contributed by atoms with Crippen molar-refractivity contribution < 1.29 is 9.13 Å². The van der Waals surface area contributed by atoms with Crippen molar-refractivity contribution in [2.75, 3.05) is 6.61 Å². The zero-order chi connectivity index (χ0) is 14.1. The summed E-state index contributed by atoms with van der Waals surface area (Å²) in [7, 11) is 0. The summed E-state index contributed by atoms with van der Waals surface area (Å²) in [6.45, 7) is 5.23. The number of unbranched alkanes of at least 4 members (excludes halogenated alkanes) is 1. The topological polar surface area (TPSA) is 33.0 Å². The lowest BCUT2D eigenvalue weighted by molar-refractivity contribution is 0.0802. The largest absolute Gasteiger partial charge is 0.376 e. The van der Waals surface area contributed by atoms with Crippen LogP contribution in [0.1, 0.15) is 50.7 Å². The molecule has 1 unspecified atom stereocenters. The van der Waals surface area contributed by atoms with Crippen LogP contribution < -0.4 is 0 Å². The Morgan fingerprint density at radius 2 is 2.16 bits per heavy atom. The average molecular weight is 263 g/mol. The lowest BCUT2D eigenvalue weighted by Gasteiger charge is -2.15. The first-order valence-corrected chi connectivity index (χ1v) is 6.98. The minimum Gasteiger partial charge on any atom is -0.376 e. The smallest absolute Gasteiger partial charge is 0.146 e. The number of nitriles is 1. The normalized spacial score (nSPS) is 12.1. The minimum absolute atomic E-state index is 0.0825. The summed E-state index contributed by atoms with van der Waals surface area (Å²) in [6, 6.07) is 6.68. The molecule has 1 aromatic carbocycles. The van der Waals surface area contributed by atoms with Crippen molar-refractivity contribution in [2.45, 2.75) is 46.1 Å². The van der Waals surface area contributed by atoms with Gasteiger partial charge in [0, 0.05) is 12.2 Å². The molecule has 0 spiro atoms. The Bertz CT molecular complexity index is 425. The lowest BCUT2D eigenvalue weighted by atomic mass is 10.0. The Morgan fingerprint density at radius 1 is 1.37 bits per heavy atom. The molecule has 0 saturated heterocycles. The van der Waals surface area contributed by atoms with Gasteiger partial charge in [0.05, 0.1) is 12.2 Å². The second-order valence-electron chi connectivity index (χ2n) is 4.82. The minimum atomic E-state index is -0.452. The first-order chi connectivity index (χ1) is 9.22. The van der Waals surface area contributed by atoms with Crippen LogP contribution in [0, 0.1) is 23.1 Å². The predicted octanol–water partition coefficient (Wildman–Crippen LogP) is 4.43. The van der Waals surface area contributed by atoms with E-state index in [1.807, 2.05) is 6.07 Å². The van der Waals surface area contributed by atoms with Gasteiger partial charge in [-0.25, -0.2) is 4.39 Å². The van der Waals surface area contributed by atoms with E-state index in [4.69, 9.17) is 10.00 Å². The second kappa shape index (κ2) is 8.66. The van der Waals surface area contributed by atoms with Crippen LogP contribution in [-0.2, 0) is 11.3 Å². The van der Waals surface area contributed by atoms with E-state index in [2.05, 4.69) is 13.8 Å². The summed E-state index contributed by atoms with van der Waals surface area (Å²) in [4.78, 5) is 0. The quantitative estimate of drug-likeness (QED) is 0.695. The molecule has 1 aromatic rings. The number of benzene rings is 1. The third-order valence-electron chi connectivity index (χ3n) is 3.35. The maximum atomic E-state index is 13.8. The van der Waals surface area contributed by atoms with Gasteiger partial charge in [-0.2, -0.15) is 5.26 Å². The first-order valence-electron chi connectivity index (χ1n) is 6.98.